The first-order valence-electron chi connectivity index (χ1n) is 7.34. The molecule has 0 atom stereocenters. The van der Waals surface area contributed by atoms with Gasteiger partial charge in [0, 0.05) is 25.8 Å². The van der Waals surface area contributed by atoms with Crippen LogP contribution in [0.15, 0.2) is 12.3 Å². The second kappa shape index (κ2) is 6.74. The average Bonchev–Trinajstić information content (AvgIpc) is 2.84. The number of rotatable bonds is 5. The van der Waals surface area contributed by atoms with Crippen molar-refractivity contribution >= 4 is 11.7 Å². The Labute approximate surface area is 120 Å². The third kappa shape index (κ3) is 4.23. The van der Waals surface area contributed by atoms with E-state index in [1.54, 1.807) is 0 Å². The number of piperidine rings is 1. The Morgan fingerprint density at radius 1 is 1.50 bits per heavy atom. The number of nitrogens with one attached hydrogen (secondary N) is 1. The Morgan fingerprint density at radius 2 is 2.20 bits per heavy atom. The predicted octanol–water partition coefficient (Wildman–Crippen LogP) is 0.874. The molecule has 1 aliphatic heterocycles. The number of aromatic nitrogens is 2. The molecule has 0 spiro atoms. The van der Waals surface area contributed by atoms with Gasteiger partial charge < -0.3 is 11.1 Å². The van der Waals surface area contributed by atoms with E-state index in [4.69, 9.17) is 5.73 Å². The second-order valence-corrected chi connectivity index (χ2v) is 5.93. The Kier molecular flexibility index (Phi) is 5.00. The minimum absolute atomic E-state index is 0.125. The molecule has 3 N–H and O–H groups in total. The zero-order valence-electron chi connectivity index (χ0n) is 12.4. The zero-order valence-corrected chi connectivity index (χ0v) is 12.4. The summed E-state index contributed by atoms with van der Waals surface area (Å²) in [6, 6.07) is 2.23. The topological polar surface area (TPSA) is 76.2 Å². The molecule has 0 unspecified atom stereocenters. The molecule has 112 valence electrons. The van der Waals surface area contributed by atoms with Crippen molar-refractivity contribution in [3.05, 3.63) is 12.3 Å². The molecule has 6 heteroatoms. The summed E-state index contributed by atoms with van der Waals surface area (Å²) in [5.41, 5.74) is 5.64. The van der Waals surface area contributed by atoms with E-state index in [0.717, 1.165) is 32.5 Å². The Hall–Kier alpha value is -1.56. The SMILES string of the molecule is CC(C)CNC(=O)CN1CCC(n2ccc(N)n2)CC1. The van der Waals surface area contributed by atoms with E-state index < -0.39 is 0 Å². The summed E-state index contributed by atoms with van der Waals surface area (Å²) in [5.74, 6) is 1.19. The van der Waals surface area contributed by atoms with Crippen molar-refractivity contribution in [3.63, 3.8) is 0 Å². The van der Waals surface area contributed by atoms with Crippen LogP contribution >= 0.6 is 0 Å². The largest absolute Gasteiger partial charge is 0.382 e. The number of carbonyl (C=O) groups excluding carboxylic acids is 1. The molecule has 1 amide bonds. The number of nitrogens with zero attached hydrogens (tertiary/aromatic N) is 3. The highest BCUT2D eigenvalue weighted by molar-refractivity contribution is 5.78. The van der Waals surface area contributed by atoms with Gasteiger partial charge in [-0.3, -0.25) is 14.4 Å². The maximum atomic E-state index is 11.8. The van der Waals surface area contributed by atoms with Crippen LogP contribution in [0.2, 0.25) is 0 Å². The lowest BCUT2D eigenvalue weighted by molar-refractivity contribution is -0.122. The third-order valence-electron chi connectivity index (χ3n) is 3.63. The van der Waals surface area contributed by atoms with E-state index in [-0.39, 0.29) is 5.91 Å². The number of nitrogens with two attached hydrogens (primary N) is 1. The number of hydrogen-bond donors (Lipinski definition) is 2. The molecular weight excluding hydrogens is 254 g/mol. The number of amides is 1. The first-order valence-corrected chi connectivity index (χ1v) is 7.34. The molecule has 0 radical (unpaired) electrons. The number of carbonyl (C=O) groups is 1. The van der Waals surface area contributed by atoms with Crippen LogP contribution in [0.3, 0.4) is 0 Å². The van der Waals surface area contributed by atoms with Crippen molar-refractivity contribution in [2.45, 2.75) is 32.7 Å². The van der Waals surface area contributed by atoms with Gasteiger partial charge in [0.15, 0.2) is 0 Å². The van der Waals surface area contributed by atoms with Crippen LogP contribution in [0.1, 0.15) is 32.7 Å². The minimum Gasteiger partial charge on any atom is -0.382 e. The summed E-state index contributed by atoms with van der Waals surface area (Å²) in [6.07, 6.45) is 3.96. The third-order valence-corrected chi connectivity index (χ3v) is 3.63. The molecule has 20 heavy (non-hydrogen) atoms. The van der Waals surface area contributed by atoms with Gasteiger partial charge in [-0.2, -0.15) is 5.10 Å². The molecule has 1 aliphatic rings. The lowest BCUT2D eigenvalue weighted by Crippen LogP contribution is -2.42. The van der Waals surface area contributed by atoms with Gasteiger partial charge in [0.05, 0.1) is 12.6 Å². The molecule has 0 aliphatic carbocycles. The molecule has 6 nitrogen and oxygen atoms in total. The number of nitrogen functional groups attached to an aromatic ring is 1. The Bertz CT molecular complexity index is 435. The summed E-state index contributed by atoms with van der Waals surface area (Å²) in [6.45, 7) is 7.31. The molecule has 1 fully saturated rings. The molecule has 1 aromatic heterocycles. The zero-order chi connectivity index (χ0) is 14.5. The van der Waals surface area contributed by atoms with E-state index in [2.05, 4.69) is 29.2 Å². The molecule has 1 saturated heterocycles. The van der Waals surface area contributed by atoms with E-state index in [1.165, 1.54) is 0 Å². The lowest BCUT2D eigenvalue weighted by atomic mass is 10.1. The maximum absolute atomic E-state index is 11.8. The fourth-order valence-electron chi connectivity index (χ4n) is 2.48. The van der Waals surface area contributed by atoms with Crippen LogP contribution in [-0.2, 0) is 4.79 Å². The van der Waals surface area contributed by atoms with Crippen molar-refractivity contribution < 1.29 is 4.79 Å². The van der Waals surface area contributed by atoms with Gasteiger partial charge in [-0.25, -0.2) is 0 Å². The second-order valence-electron chi connectivity index (χ2n) is 5.93. The number of anilines is 1. The molecule has 0 saturated carbocycles. The minimum atomic E-state index is 0.125. The smallest absolute Gasteiger partial charge is 0.234 e. The van der Waals surface area contributed by atoms with E-state index >= 15 is 0 Å². The van der Waals surface area contributed by atoms with Crippen molar-refractivity contribution in [2.75, 3.05) is 31.9 Å². The van der Waals surface area contributed by atoms with E-state index in [9.17, 15) is 4.79 Å². The van der Waals surface area contributed by atoms with Gasteiger partial charge in [0.25, 0.3) is 0 Å². The van der Waals surface area contributed by atoms with Crippen LogP contribution < -0.4 is 11.1 Å². The van der Waals surface area contributed by atoms with Crippen molar-refractivity contribution in [1.29, 1.82) is 0 Å². The standard InChI is InChI=1S/C14H25N5O/c1-11(2)9-16-14(20)10-18-6-3-12(4-7-18)19-8-5-13(15)17-19/h5,8,11-12H,3-4,6-7,9-10H2,1-2H3,(H2,15,17)(H,16,20). The monoisotopic (exact) mass is 279 g/mol. The summed E-state index contributed by atoms with van der Waals surface area (Å²) in [4.78, 5) is 14.0. The van der Waals surface area contributed by atoms with Crippen LogP contribution in [0.5, 0.6) is 0 Å². The van der Waals surface area contributed by atoms with Crippen LogP contribution in [0.4, 0.5) is 5.82 Å². The maximum Gasteiger partial charge on any atom is 0.234 e. The fourth-order valence-corrected chi connectivity index (χ4v) is 2.48. The van der Waals surface area contributed by atoms with E-state index in [1.807, 2.05) is 16.9 Å². The summed E-state index contributed by atoms with van der Waals surface area (Å²) in [5, 5.41) is 7.23. The molecule has 2 rings (SSSR count). The Morgan fingerprint density at radius 3 is 2.75 bits per heavy atom. The lowest BCUT2D eigenvalue weighted by Gasteiger charge is -2.31. The summed E-state index contributed by atoms with van der Waals surface area (Å²) in [7, 11) is 0. The van der Waals surface area contributed by atoms with Gasteiger partial charge in [-0.05, 0) is 24.8 Å². The molecule has 0 aromatic carbocycles. The molecular formula is C14H25N5O. The summed E-state index contributed by atoms with van der Waals surface area (Å²) >= 11 is 0. The van der Waals surface area contributed by atoms with E-state index in [0.29, 0.717) is 24.3 Å². The first kappa shape index (κ1) is 14.8. The summed E-state index contributed by atoms with van der Waals surface area (Å²) < 4.78 is 1.95. The molecule has 1 aromatic rings. The average molecular weight is 279 g/mol. The van der Waals surface area contributed by atoms with Crippen LogP contribution in [0.25, 0.3) is 0 Å². The van der Waals surface area contributed by atoms with Gasteiger partial charge in [-0.15, -0.1) is 0 Å². The van der Waals surface area contributed by atoms with Crippen molar-refractivity contribution in [3.8, 4) is 0 Å². The Balaban J connectivity index is 1.73. The highest BCUT2D eigenvalue weighted by Crippen LogP contribution is 2.21. The number of hydrogen-bond acceptors (Lipinski definition) is 4. The molecule has 0 bridgehead atoms. The highest BCUT2D eigenvalue weighted by atomic mass is 16.2. The van der Waals surface area contributed by atoms with Crippen molar-refractivity contribution in [2.24, 2.45) is 5.92 Å². The predicted molar refractivity (Wildman–Crippen MR) is 79.2 cm³/mol. The fraction of sp³-hybridized carbons (Fsp3) is 0.714. The van der Waals surface area contributed by atoms with Gasteiger partial charge in [-0.1, -0.05) is 13.8 Å². The molecule has 2 heterocycles. The van der Waals surface area contributed by atoms with Crippen LogP contribution in [-0.4, -0.2) is 46.8 Å². The number of likely N-dealkylation sites (tertiary alicyclic amines) is 1. The normalized spacial score (nSPS) is 17.6. The van der Waals surface area contributed by atoms with Crippen molar-refractivity contribution in [1.82, 2.24) is 20.0 Å². The van der Waals surface area contributed by atoms with Gasteiger partial charge in [0.2, 0.25) is 5.91 Å². The quantitative estimate of drug-likeness (QED) is 0.838. The van der Waals surface area contributed by atoms with Gasteiger partial charge in [0.1, 0.15) is 5.82 Å². The highest BCUT2D eigenvalue weighted by Gasteiger charge is 2.22. The van der Waals surface area contributed by atoms with Crippen LogP contribution in [0, 0.1) is 5.92 Å². The first-order chi connectivity index (χ1) is 9.54. The van der Waals surface area contributed by atoms with Gasteiger partial charge >= 0.3 is 0 Å².